The quantitative estimate of drug-likeness (QED) is 0.381. The number of benzene rings is 1. The average molecular weight is 440 g/mol. The third kappa shape index (κ3) is 4.30. The number of carbonyl (C=O) groups is 2. The van der Waals surface area contributed by atoms with Crippen LogP contribution in [0, 0.1) is 30.1 Å². The highest BCUT2D eigenvalue weighted by molar-refractivity contribution is 7.17. The lowest BCUT2D eigenvalue weighted by molar-refractivity contribution is -0.137. The van der Waals surface area contributed by atoms with Gasteiger partial charge in [0.15, 0.2) is 0 Å². The molecular formula is C26H33NO3S. The van der Waals surface area contributed by atoms with Crippen molar-refractivity contribution >= 4 is 33.3 Å². The number of aliphatic carboxylic acids is 1. The number of carbonyl (C=O) groups excluding carboxylic acids is 1. The van der Waals surface area contributed by atoms with Crippen LogP contribution in [0.1, 0.15) is 68.3 Å². The van der Waals surface area contributed by atoms with Crippen molar-refractivity contribution in [3.8, 4) is 0 Å². The molecule has 5 heteroatoms. The zero-order chi connectivity index (χ0) is 22.2. The average Bonchev–Trinajstić information content (AvgIpc) is 3.11. The predicted octanol–water partition coefficient (Wildman–Crippen LogP) is 6.19. The van der Waals surface area contributed by atoms with Gasteiger partial charge in [0.1, 0.15) is 0 Å². The zero-order valence-electron chi connectivity index (χ0n) is 18.7. The van der Waals surface area contributed by atoms with Crippen LogP contribution in [0.25, 0.3) is 10.1 Å². The smallest absolute Gasteiger partial charge is 0.303 e. The topological polar surface area (TPSA) is 66.4 Å². The highest BCUT2D eigenvalue weighted by atomic mass is 32.1. The summed E-state index contributed by atoms with van der Waals surface area (Å²) in [6, 6.07) is 6.21. The molecule has 3 aliphatic rings. The maximum Gasteiger partial charge on any atom is 0.303 e. The van der Waals surface area contributed by atoms with Crippen molar-refractivity contribution in [1.29, 1.82) is 0 Å². The molecule has 1 aromatic carbocycles. The number of hydrogen-bond donors (Lipinski definition) is 2. The van der Waals surface area contributed by atoms with Crippen molar-refractivity contribution in [2.45, 2.75) is 65.3 Å². The molecule has 3 saturated carbocycles. The van der Waals surface area contributed by atoms with E-state index >= 15 is 0 Å². The van der Waals surface area contributed by atoms with Crippen molar-refractivity contribution < 1.29 is 14.7 Å². The molecule has 0 radical (unpaired) electrons. The van der Waals surface area contributed by atoms with E-state index in [-0.39, 0.29) is 18.4 Å². The lowest BCUT2D eigenvalue weighted by Gasteiger charge is -2.62. The second kappa shape index (κ2) is 8.78. The summed E-state index contributed by atoms with van der Waals surface area (Å²) in [6.07, 6.45) is 9.28. The van der Waals surface area contributed by atoms with Gasteiger partial charge >= 0.3 is 5.97 Å². The molecule has 166 valence electrons. The van der Waals surface area contributed by atoms with Gasteiger partial charge in [-0.1, -0.05) is 38.1 Å². The van der Waals surface area contributed by atoms with Gasteiger partial charge in [-0.2, -0.15) is 0 Å². The number of thiophene rings is 1. The molecule has 2 aromatic rings. The van der Waals surface area contributed by atoms with Crippen molar-refractivity contribution in [3.63, 3.8) is 0 Å². The summed E-state index contributed by atoms with van der Waals surface area (Å²) in [5, 5.41) is 15.5. The summed E-state index contributed by atoms with van der Waals surface area (Å²) in [4.78, 5) is 23.9. The fraction of sp³-hybridized carbons (Fsp3) is 0.538. The minimum absolute atomic E-state index is 0.0481. The number of rotatable bonds is 8. The molecule has 1 heterocycles. The van der Waals surface area contributed by atoms with Gasteiger partial charge in [0.05, 0.1) is 5.56 Å². The summed E-state index contributed by atoms with van der Waals surface area (Å²) in [5.41, 5.74) is 2.35. The number of hydrogen-bond acceptors (Lipinski definition) is 3. The van der Waals surface area contributed by atoms with Gasteiger partial charge in [-0.3, -0.25) is 9.59 Å². The Morgan fingerprint density at radius 3 is 2.81 bits per heavy atom. The van der Waals surface area contributed by atoms with Crippen LogP contribution in [-0.2, 0) is 4.79 Å². The van der Waals surface area contributed by atoms with Crippen LogP contribution in [-0.4, -0.2) is 23.0 Å². The fourth-order valence-electron chi connectivity index (χ4n) is 5.79. The summed E-state index contributed by atoms with van der Waals surface area (Å²) in [6.45, 7) is 6.85. The molecule has 1 unspecified atom stereocenters. The number of nitrogens with one attached hydrogen (secondary N) is 1. The number of allylic oxidation sites excluding steroid dienone is 2. The maximum atomic E-state index is 13.3. The van der Waals surface area contributed by atoms with Crippen molar-refractivity contribution in [1.82, 2.24) is 5.32 Å². The first kappa shape index (κ1) is 22.1. The van der Waals surface area contributed by atoms with E-state index < -0.39 is 5.97 Å². The number of fused-ring (bicyclic) bond motifs is 3. The van der Waals surface area contributed by atoms with E-state index in [4.69, 9.17) is 5.11 Å². The Bertz CT molecular complexity index is 1010. The Kier molecular flexibility index (Phi) is 6.25. The van der Waals surface area contributed by atoms with Crippen molar-refractivity contribution in [3.05, 3.63) is 46.9 Å². The Balaban J connectivity index is 1.46. The van der Waals surface area contributed by atoms with E-state index in [0.717, 1.165) is 29.5 Å². The van der Waals surface area contributed by atoms with E-state index in [2.05, 4.69) is 49.7 Å². The Morgan fingerprint density at radius 1 is 1.26 bits per heavy atom. The summed E-state index contributed by atoms with van der Waals surface area (Å²) in [7, 11) is 0. The summed E-state index contributed by atoms with van der Waals surface area (Å²) in [5.74, 6) is 1.05. The number of carboxylic acid groups (broad SMARTS) is 1. The van der Waals surface area contributed by atoms with Gasteiger partial charge in [0.2, 0.25) is 0 Å². The molecule has 0 aliphatic heterocycles. The van der Waals surface area contributed by atoms with Crippen LogP contribution in [0.15, 0.2) is 35.7 Å². The van der Waals surface area contributed by atoms with Crippen molar-refractivity contribution in [2.75, 3.05) is 0 Å². The Morgan fingerprint density at radius 2 is 2.06 bits per heavy atom. The normalized spacial score (nSPS) is 26.7. The van der Waals surface area contributed by atoms with Gasteiger partial charge in [-0.15, -0.1) is 11.3 Å². The summed E-state index contributed by atoms with van der Waals surface area (Å²) >= 11 is 1.65. The molecule has 4 atom stereocenters. The van der Waals surface area contributed by atoms with Crippen LogP contribution in [0.4, 0.5) is 0 Å². The molecule has 31 heavy (non-hydrogen) atoms. The number of amides is 1. The number of aryl methyl sites for hydroxylation is 1. The minimum atomic E-state index is -0.735. The second-order valence-corrected chi connectivity index (χ2v) is 10.8. The van der Waals surface area contributed by atoms with E-state index in [0.29, 0.717) is 29.6 Å². The maximum absolute atomic E-state index is 13.3. The Labute approximate surface area is 188 Å². The van der Waals surface area contributed by atoms with Crippen LogP contribution < -0.4 is 5.32 Å². The SMILES string of the molecule is Cc1csc2c(C(=O)NC3C[C@@H]4C[C@H]([C@@H]3CC=CCCCC(=O)O)C4(C)C)cccc12. The summed E-state index contributed by atoms with van der Waals surface area (Å²) < 4.78 is 1.08. The lowest BCUT2D eigenvalue weighted by atomic mass is 9.44. The van der Waals surface area contributed by atoms with Crippen LogP contribution in [0.5, 0.6) is 0 Å². The highest BCUT2D eigenvalue weighted by Crippen LogP contribution is 2.62. The lowest BCUT2D eigenvalue weighted by Crippen LogP contribution is -2.61. The molecule has 4 nitrogen and oxygen atoms in total. The zero-order valence-corrected chi connectivity index (χ0v) is 19.5. The van der Waals surface area contributed by atoms with Gasteiger partial charge < -0.3 is 10.4 Å². The van der Waals surface area contributed by atoms with Gasteiger partial charge in [-0.05, 0) is 84.6 Å². The molecule has 0 saturated heterocycles. The van der Waals surface area contributed by atoms with Gasteiger partial charge in [-0.25, -0.2) is 0 Å². The third-order valence-corrected chi connectivity index (χ3v) is 8.96. The van der Waals surface area contributed by atoms with E-state index in [1.165, 1.54) is 17.4 Å². The van der Waals surface area contributed by atoms with E-state index in [1.807, 2.05) is 12.1 Å². The predicted molar refractivity (Wildman–Crippen MR) is 127 cm³/mol. The molecule has 3 fully saturated rings. The van der Waals surface area contributed by atoms with Crippen LogP contribution in [0.2, 0.25) is 0 Å². The molecule has 5 rings (SSSR count). The minimum Gasteiger partial charge on any atom is -0.481 e. The standard InChI is InChI=1S/C26H33NO3S/c1-16-15-31-24-18(16)10-8-11-20(24)25(30)27-22-14-17-13-21(26(17,2)3)19(22)9-6-4-5-7-12-23(28)29/h4,6,8,10-11,15,17,19,21-22H,5,7,9,12-14H2,1-3H3,(H,27,30)(H,28,29)/t17-,19-,21+,22?/m0/s1. The van der Waals surface area contributed by atoms with Crippen molar-refractivity contribution in [2.24, 2.45) is 23.2 Å². The molecule has 0 spiro atoms. The van der Waals surface area contributed by atoms with Crippen LogP contribution in [0.3, 0.4) is 0 Å². The monoisotopic (exact) mass is 439 g/mol. The first-order valence-electron chi connectivity index (χ1n) is 11.4. The molecule has 1 aromatic heterocycles. The molecule has 2 bridgehead atoms. The number of unbranched alkanes of at least 4 members (excludes halogenated alkanes) is 1. The molecule has 3 aliphatic carbocycles. The van der Waals surface area contributed by atoms with Crippen LogP contribution >= 0.6 is 11.3 Å². The van der Waals surface area contributed by atoms with Gasteiger partial charge in [0, 0.05) is 17.2 Å². The van der Waals surface area contributed by atoms with E-state index in [9.17, 15) is 9.59 Å². The first-order chi connectivity index (χ1) is 14.8. The molecular weight excluding hydrogens is 406 g/mol. The Hall–Kier alpha value is -2.14. The van der Waals surface area contributed by atoms with E-state index in [1.54, 1.807) is 11.3 Å². The first-order valence-corrected chi connectivity index (χ1v) is 12.3. The second-order valence-electron chi connectivity index (χ2n) is 9.93. The largest absolute Gasteiger partial charge is 0.481 e. The van der Waals surface area contributed by atoms with Gasteiger partial charge in [0.25, 0.3) is 5.91 Å². The third-order valence-electron chi connectivity index (χ3n) is 7.81. The fourth-order valence-corrected chi connectivity index (χ4v) is 6.86. The number of carboxylic acids is 1. The highest BCUT2D eigenvalue weighted by Gasteiger charge is 2.57. The molecule has 2 N–H and O–H groups in total. The molecule has 1 amide bonds.